The molecule has 0 aliphatic heterocycles. The van der Waals surface area contributed by atoms with Crippen molar-refractivity contribution in [3.8, 4) is 0 Å². The van der Waals surface area contributed by atoms with Crippen LogP contribution in [0.5, 0.6) is 0 Å². The Morgan fingerprint density at radius 1 is 0.920 bits per heavy atom. The van der Waals surface area contributed by atoms with Gasteiger partial charge < -0.3 is 0 Å². The summed E-state index contributed by atoms with van der Waals surface area (Å²) in [5.74, 6) is -0.0329. The Bertz CT molecular complexity index is 926. The molecule has 0 bridgehead atoms. The van der Waals surface area contributed by atoms with Gasteiger partial charge in [0.15, 0.2) is 0 Å². The third kappa shape index (κ3) is 4.25. The van der Waals surface area contributed by atoms with Gasteiger partial charge in [-0.25, -0.2) is 8.42 Å². The molecule has 0 N–H and O–H groups in total. The van der Waals surface area contributed by atoms with Crippen LogP contribution in [0.1, 0.15) is 16.7 Å². The van der Waals surface area contributed by atoms with E-state index >= 15 is 0 Å². The van der Waals surface area contributed by atoms with E-state index in [0.717, 1.165) is 16.7 Å². The molecule has 3 rings (SSSR count). The molecule has 4 nitrogen and oxygen atoms in total. The highest BCUT2D eigenvalue weighted by Gasteiger charge is 2.24. The van der Waals surface area contributed by atoms with Crippen molar-refractivity contribution >= 4 is 15.7 Å². The monoisotopic (exact) mass is 352 g/mol. The number of hydrogen-bond donors (Lipinski definition) is 0. The van der Waals surface area contributed by atoms with Crippen molar-refractivity contribution in [1.29, 1.82) is 0 Å². The molecular weight excluding hydrogens is 332 g/mol. The summed E-state index contributed by atoms with van der Waals surface area (Å²) in [7, 11) is -3.54. The molecule has 5 heteroatoms. The number of anilines is 1. The first-order valence-corrected chi connectivity index (χ1v) is 9.66. The summed E-state index contributed by atoms with van der Waals surface area (Å²) < 4.78 is 27.8. The Morgan fingerprint density at radius 2 is 1.64 bits per heavy atom. The summed E-state index contributed by atoms with van der Waals surface area (Å²) in [6.07, 6.45) is 3.37. The fourth-order valence-electron chi connectivity index (χ4n) is 2.65. The first-order chi connectivity index (χ1) is 12.1. The van der Waals surface area contributed by atoms with Crippen LogP contribution >= 0.6 is 0 Å². The van der Waals surface area contributed by atoms with Crippen LogP contribution in [0.25, 0.3) is 0 Å². The van der Waals surface area contributed by atoms with E-state index in [-0.39, 0.29) is 12.3 Å². The lowest BCUT2D eigenvalue weighted by atomic mass is 10.1. The minimum Gasteiger partial charge on any atom is -0.265 e. The second-order valence-electron chi connectivity index (χ2n) is 5.89. The Kier molecular flexibility index (Phi) is 5.14. The third-order valence-corrected chi connectivity index (χ3v) is 5.72. The van der Waals surface area contributed by atoms with E-state index in [1.165, 1.54) is 4.31 Å². The van der Waals surface area contributed by atoms with Crippen molar-refractivity contribution in [2.24, 2.45) is 0 Å². The molecule has 128 valence electrons. The van der Waals surface area contributed by atoms with E-state index in [9.17, 15) is 8.42 Å². The number of sulfonamides is 1. The summed E-state index contributed by atoms with van der Waals surface area (Å²) in [4.78, 5) is 4.09. The summed E-state index contributed by atoms with van der Waals surface area (Å²) in [6.45, 7) is 2.19. The Hall–Kier alpha value is -2.66. The molecule has 25 heavy (non-hydrogen) atoms. The molecule has 0 fully saturated rings. The van der Waals surface area contributed by atoms with E-state index < -0.39 is 10.0 Å². The molecule has 0 unspecified atom stereocenters. The van der Waals surface area contributed by atoms with E-state index in [0.29, 0.717) is 5.69 Å². The van der Waals surface area contributed by atoms with Crippen LogP contribution in [0, 0.1) is 6.92 Å². The maximum absolute atomic E-state index is 13.2. The van der Waals surface area contributed by atoms with Crippen molar-refractivity contribution < 1.29 is 8.42 Å². The van der Waals surface area contributed by atoms with Gasteiger partial charge in [-0.05, 0) is 41.8 Å². The smallest absolute Gasteiger partial charge is 0.239 e. The number of aryl methyl sites for hydroxylation is 1. The standard InChI is InChI=1S/C20H20N2O2S/c1-17-8-5-6-10-19(17)16-25(23,24)22(20-11-3-2-4-12-20)15-18-9-7-13-21-14-18/h2-14H,15-16H2,1H3. The molecule has 0 saturated carbocycles. The molecule has 0 atom stereocenters. The van der Waals surface area contributed by atoms with Gasteiger partial charge in [0.25, 0.3) is 0 Å². The van der Waals surface area contributed by atoms with E-state index in [2.05, 4.69) is 4.98 Å². The summed E-state index contributed by atoms with van der Waals surface area (Å²) >= 11 is 0. The molecule has 2 aromatic carbocycles. The zero-order valence-corrected chi connectivity index (χ0v) is 14.9. The average molecular weight is 352 g/mol. The lowest BCUT2D eigenvalue weighted by molar-refractivity contribution is 0.589. The summed E-state index contributed by atoms with van der Waals surface area (Å²) in [5, 5.41) is 0. The van der Waals surface area contributed by atoms with Gasteiger partial charge in [-0.3, -0.25) is 9.29 Å². The second-order valence-corrected chi connectivity index (χ2v) is 7.78. The highest BCUT2D eigenvalue weighted by Crippen LogP contribution is 2.24. The lowest BCUT2D eigenvalue weighted by Gasteiger charge is -2.25. The zero-order chi connectivity index (χ0) is 17.7. The largest absolute Gasteiger partial charge is 0.265 e. The van der Waals surface area contributed by atoms with Gasteiger partial charge in [-0.15, -0.1) is 0 Å². The number of aromatic nitrogens is 1. The molecule has 0 aliphatic carbocycles. The maximum atomic E-state index is 13.2. The number of rotatable bonds is 6. The number of nitrogens with zero attached hydrogens (tertiary/aromatic N) is 2. The molecule has 1 aromatic heterocycles. The van der Waals surface area contributed by atoms with Gasteiger partial charge >= 0.3 is 0 Å². The fourth-order valence-corrected chi connectivity index (χ4v) is 4.31. The quantitative estimate of drug-likeness (QED) is 0.675. The zero-order valence-electron chi connectivity index (χ0n) is 14.0. The predicted molar refractivity (Wildman–Crippen MR) is 101 cm³/mol. The Labute approximate surface area is 148 Å². The number of hydrogen-bond acceptors (Lipinski definition) is 3. The predicted octanol–water partition coefficient (Wildman–Crippen LogP) is 3.93. The van der Waals surface area contributed by atoms with Crippen molar-refractivity contribution in [2.45, 2.75) is 19.2 Å². The molecule has 0 amide bonds. The number of pyridine rings is 1. The van der Waals surface area contributed by atoms with Crippen LogP contribution in [-0.2, 0) is 22.3 Å². The van der Waals surface area contributed by atoms with Crippen LogP contribution in [0.2, 0.25) is 0 Å². The number of benzene rings is 2. The van der Waals surface area contributed by atoms with Crippen LogP contribution in [0.15, 0.2) is 79.1 Å². The third-order valence-electron chi connectivity index (χ3n) is 4.03. The SMILES string of the molecule is Cc1ccccc1CS(=O)(=O)N(Cc1cccnc1)c1ccccc1. The van der Waals surface area contributed by atoms with Crippen LogP contribution in [0.3, 0.4) is 0 Å². The molecule has 0 aliphatic rings. The lowest BCUT2D eigenvalue weighted by Crippen LogP contribution is -2.31. The van der Waals surface area contributed by atoms with Gasteiger partial charge in [-0.1, -0.05) is 48.5 Å². The van der Waals surface area contributed by atoms with Crippen molar-refractivity contribution in [1.82, 2.24) is 4.98 Å². The highest BCUT2D eigenvalue weighted by atomic mass is 32.2. The van der Waals surface area contributed by atoms with E-state index in [1.54, 1.807) is 12.4 Å². The average Bonchev–Trinajstić information content (AvgIpc) is 2.63. The fraction of sp³-hybridized carbons (Fsp3) is 0.150. The minimum atomic E-state index is -3.54. The molecule has 3 aromatic rings. The number of para-hydroxylation sites is 1. The molecule has 1 heterocycles. The highest BCUT2D eigenvalue weighted by molar-refractivity contribution is 7.92. The van der Waals surface area contributed by atoms with E-state index in [4.69, 9.17) is 0 Å². The Morgan fingerprint density at radius 3 is 2.32 bits per heavy atom. The van der Waals surface area contributed by atoms with Crippen LogP contribution in [0.4, 0.5) is 5.69 Å². The second kappa shape index (κ2) is 7.49. The molecule has 0 radical (unpaired) electrons. The topological polar surface area (TPSA) is 50.3 Å². The summed E-state index contributed by atoms with van der Waals surface area (Å²) in [5.41, 5.74) is 3.29. The molecule has 0 spiro atoms. The first kappa shape index (κ1) is 17.2. The van der Waals surface area contributed by atoms with Crippen molar-refractivity contribution in [2.75, 3.05) is 4.31 Å². The van der Waals surface area contributed by atoms with Gasteiger partial charge in [0.05, 0.1) is 18.0 Å². The molecule has 0 saturated heterocycles. The van der Waals surface area contributed by atoms with Crippen LogP contribution in [-0.4, -0.2) is 13.4 Å². The minimum absolute atomic E-state index is 0.0329. The van der Waals surface area contributed by atoms with E-state index in [1.807, 2.05) is 73.7 Å². The summed E-state index contributed by atoms with van der Waals surface area (Å²) in [6, 6.07) is 20.4. The van der Waals surface area contributed by atoms with Crippen molar-refractivity contribution in [3.05, 3.63) is 95.8 Å². The normalized spacial score (nSPS) is 11.2. The van der Waals surface area contributed by atoms with Gasteiger partial charge in [0.1, 0.15) is 0 Å². The van der Waals surface area contributed by atoms with Gasteiger partial charge in [0.2, 0.25) is 10.0 Å². The maximum Gasteiger partial charge on any atom is 0.239 e. The first-order valence-electron chi connectivity index (χ1n) is 8.05. The Balaban J connectivity index is 1.97. The van der Waals surface area contributed by atoms with Gasteiger partial charge in [0, 0.05) is 12.4 Å². The van der Waals surface area contributed by atoms with Crippen molar-refractivity contribution in [3.63, 3.8) is 0 Å². The van der Waals surface area contributed by atoms with Gasteiger partial charge in [-0.2, -0.15) is 0 Å². The molecular formula is C20H20N2O2S. The van der Waals surface area contributed by atoms with Crippen LogP contribution < -0.4 is 4.31 Å².